The SMILES string of the molecule is O=C(O)c1c2ccccc2cc2ccccc12.[H-].[Li+]. The third-order valence-electron chi connectivity index (χ3n) is 2.99. The van der Waals surface area contributed by atoms with Crippen molar-refractivity contribution in [2.45, 2.75) is 0 Å². The number of hydrogen-bond donors (Lipinski definition) is 1. The van der Waals surface area contributed by atoms with Crippen LogP contribution < -0.4 is 18.9 Å². The van der Waals surface area contributed by atoms with E-state index in [4.69, 9.17) is 0 Å². The second-order valence-corrected chi connectivity index (χ2v) is 4.00. The Morgan fingerprint density at radius 1 is 0.889 bits per heavy atom. The molecule has 18 heavy (non-hydrogen) atoms. The minimum absolute atomic E-state index is 0. The summed E-state index contributed by atoms with van der Waals surface area (Å²) in [4.78, 5) is 11.4. The topological polar surface area (TPSA) is 37.3 Å². The molecule has 0 unspecified atom stereocenters. The van der Waals surface area contributed by atoms with E-state index in [-0.39, 0.29) is 20.3 Å². The number of hydrogen-bond acceptors (Lipinski definition) is 1. The first-order chi connectivity index (χ1) is 8.27. The summed E-state index contributed by atoms with van der Waals surface area (Å²) in [5, 5.41) is 12.9. The van der Waals surface area contributed by atoms with E-state index in [1.807, 2.05) is 54.6 Å². The first-order valence-electron chi connectivity index (χ1n) is 5.41. The fourth-order valence-corrected chi connectivity index (χ4v) is 2.24. The number of carboxylic acids is 1. The molecule has 0 aliphatic rings. The summed E-state index contributed by atoms with van der Waals surface area (Å²) in [5.74, 6) is -0.877. The third-order valence-corrected chi connectivity index (χ3v) is 2.99. The summed E-state index contributed by atoms with van der Waals surface area (Å²) in [6.45, 7) is 0. The molecule has 3 aromatic carbocycles. The number of benzene rings is 3. The number of aromatic carboxylic acids is 1. The summed E-state index contributed by atoms with van der Waals surface area (Å²) in [7, 11) is 0. The fourth-order valence-electron chi connectivity index (χ4n) is 2.24. The van der Waals surface area contributed by atoms with E-state index in [1.165, 1.54) is 0 Å². The first-order valence-corrected chi connectivity index (χ1v) is 5.41. The van der Waals surface area contributed by atoms with Crippen molar-refractivity contribution in [3.63, 3.8) is 0 Å². The van der Waals surface area contributed by atoms with Gasteiger partial charge in [-0.3, -0.25) is 0 Å². The van der Waals surface area contributed by atoms with Crippen molar-refractivity contribution in [1.82, 2.24) is 0 Å². The molecule has 0 aliphatic carbocycles. The van der Waals surface area contributed by atoms with E-state index in [0.29, 0.717) is 5.56 Å². The normalized spacial score (nSPS) is 10.2. The van der Waals surface area contributed by atoms with Gasteiger partial charge in [-0.1, -0.05) is 48.5 Å². The molecule has 3 heteroatoms. The molecule has 0 atom stereocenters. The van der Waals surface area contributed by atoms with Gasteiger partial charge in [-0.15, -0.1) is 0 Å². The van der Waals surface area contributed by atoms with Gasteiger partial charge in [0.05, 0.1) is 5.56 Å². The van der Waals surface area contributed by atoms with E-state index in [1.54, 1.807) is 0 Å². The van der Waals surface area contributed by atoms with Crippen LogP contribution in [0.4, 0.5) is 0 Å². The molecule has 0 radical (unpaired) electrons. The molecule has 2 nitrogen and oxygen atoms in total. The van der Waals surface area contributed by atoms with Crippen LogP contribution in [0, 0.1) is 0 Å². The van der Waals surface area contributed by atoms with Crippen LogP contribution in [0.3, 0.4) is 0 Å². The van der Waals surface area contributed by atoms with Crippen LogP contribution in [0.15, 0.2) is 54.6 Å². The molecule has 0 saturated carbocycles. The third kappa shape index (κ3) is 1.90. The molecular formula is C15H11LiO2. The van der Waals surface area contributed by atoms with Crippen molar-refractivity contribution in [3.8, 4) is 0 Å². The van der Waals surface area contributed by atoms with Gasteiger partial charge in [0.1, 0.15) is 0 Å². The van der Waals surface area contributed by atoms with Crippen molar-refractivity contribution in [2.24, 2.45) is 0 Å². The van der Waals surface area contributed by atoms with Crippen molar-refractivity contribution in [2.75, 3.05) is 0 Å². The Balaban J connectivity index is 0.000000902. The second kappa shape index (κ2) is 4.86. The van der Waals surface area contributed by atoms with E-state index in [9.17, 15) is 9.90 Å². The van der Waals surface area contributed by atoms with Gasteiger partial charge in [-0.2, -0.15) is 0 Å². The van der Waals surface area contributed by atoms with Crippen molar-refractivity contribution in [1.29, 1.82) is 0 Å². The van der Waals surface area contributed by atoms with Crippen molar-refractivity contribution < 1.29 is 30.2 Å². The maximum atomic E-state index is 11.4. The summed E-state index contributed by atoms with van der Waals surface area (Å²) >= 11 is 0. The predicted octanol–water partition coefficient (Wildman–Crippen LogP) is 0.808. The van der Waals surface area contributed by atoms with Crippen LogP contribution in [-0.2, 0) is 0 Å². The van der Waals surface area contributed by atoms with Crippen LogP contribution in [0.2, 0.25) is 0 Å². The van der Waals surface area contributed by atoms with E-state index < -0.39 is 5.97 Å². The molecule has 3 rings (SSSR count). The average Bonchev–Trinajstić information content (AvgIpc) is 2.35. The van der Waals surface area contributed by atoms with E-state index in [2.05, 4.69) is 0 Å². The zero-order valence-corrected chi connectivity index (χ0v) is 10.1. The number of rotatable bonds is 1. The molecule has 0 amide bonds. The van der Waals surface area contributed by atoms with E-state index >= 15 is 0 Å². The Labute approximate surface area is 118 Å². The van der Waals surface area contributed by atoms with Crippen LogP contribution >= 0.6 is 0 Å². The van der Waals surface area contributed by atoms with Gasteiger partial charge in [-0.25, -0.2) is 4.79 Å². The van der Waals surface area contributed by atoms with Crippen LogP contribution in [0.25, 0.3) is 21.5 Å². The average molecular weight is 230 g/mol. The molecule has 0 spiro atoms. The Bertz CT molecular complexity index is 686. The first kappa shape index (κ1) is 12.7. The molecule has 0 bridgehead atoms. The number of carbonyl (C=O) groups is 1. The van der Waals surface area contributed by atoms with E-state index in [0.717, 1.165) is 21.5 Å². The van der Waals surface area contributed by atoms with Crippen molar-refractivity contribution in [3.05, 3.63) is 60.2 Å². The van der Waals surface area contributed by atoms with Gasteiger partial charge in [0, 0.05) is 0 Å². The molecule has 0 heterocycles. The molecule has 0 aliphatic heterocycles. The molecule has 0 saturated heterocycles. The minimum atomic E-state index is -0.877. The quantitative estimate of drug-likeness (QED) is 0.496. The van der Waals surface area contributed by atoms with Crippen molar-refractivity contribution >= 4 is 27.5 Å². The summed E-state index contributed by atoms with van der Waals surface area (Å²) < 4.78 is 0. The standard InChI is InChI=1S/C15H10O2.Li.H/c16-15(17)14-12-7-3-1-5-10(12)9-11-6-2-4-8-13(11)14;;/h1-9H,(H,16,17);;/q;+1;-1. The van der Waals surface area contributed by atoms with Crippen LogP contribution in [-0.4, -0.2) is 11.1 Å². The Morgan fingerprint density at radius 3 is 1.78 bits per heavy atom. The zero-order valence-electron chi connectivity index (χ0n) is 11.1. The molecular weight excluding hydrogens is 219 g/mol. The van der Waals surface area contributed by atoms with Gasteiger partial charge >= 0.3 is 24.8 Å². The predicted molar refractivity (Wildman–Crippen MR) is 69.5 cm³/mol. The van der Waals surface area contributed by atoms with Gasteiger partial charge in [0.15, 0.2) is 0 Å². The Hall–Kier alpha value is -1.75. The summed E-state index contributed by atoms with van der Waals surface area (Å²) in [6.07, 6.45) is 0. The molecule has 3 aromatic rings. The monoisotopic (exact) mass is 230 g/mol. The number of carboxylic acid groups (broad SMARTS) is 1. The molecule has 84 valence electrons. The summed E-state index contributed by atoms with van der Waals surface area (Å²) in [5.41, 5.74) is 0.388. The maximum absolute atomic E-state index is 11.4. The molecule has 0 fully saturated rings. The Kier molecular flexibility index (Phi) is 3.43. The molecule has 0 aromatic heterocycles. The minimum Gasteiger partial charge on any atom is -1.00 e. The van der Waals surface area contributed by atoms with Crippen LogP contribution in [0.5, 0.6) is 0 Å². The largest absolute Gasteiger partial charge is 1.00 e. The van der Waals surface area contributed by atoms with Crippen LogP contribution in [0.1, 0.15) is 11.8 Å². The van der Waals surface area contributed by atoms with Gasteiger partial charge < -0.3 is 6.53 Å². The van der Waals surface area contributed by atoms with Gasteiger partial charge in [0.25, 0.3) is 0 Å². The number of fused-ring (bicyclic) bond motifs is 2. The fraction of sp³-hybridized carbons (Fsp3) is 0. The molecule has 1 N–H and O–H groups in total. The second-order valence-electron chi connectivity index (χ2n) is 4.00. The van der Waals surface area contributed by atoms with Gasteiger partial charge in [-0.05, 0) is 27.6 Å². The Morgan fingerprint density at radius 2 is 1.33 bits per heavy atom. The zero-order chi connectivity index (χ0) is 11.8. The van der Waals surface area contributed by atoms with Gasteiger partial charge in [0.2, 0.25) is 0 Å². The maximum Gasteiger partial charge on any atom is 1.00 e. The summed E-state index contributed by atoms with van der Waals surface area (Å²) in [6, 6.07) is 17.2. The smallest absolute Gasteiger partial charge is 1.00 e.